The van der Waals surface area contributed by atoms with Crippen molar-refractivity contribution >= 4 is 22.4 Å². The quantitative estimate of drug-likeness (QED) is 0.808. The van der Waals surface area contributed by atoms with Gasteiger partial charge in [-0.1, -0.05) is 20.8 Å². The lowest BCUT2D eigenvalue weighted by Gasteiger charge is -2.20. The first-order valence-electron chi connectivity index (χ1n) is 5.63. The monoisotopic (exact) mass is 255 g/mol. The van der Waals surface area contributed by atoms with Crippen LogP contribution in [-0.4, -0.2) is 16.6 Å². The molecule has 0 spiro atoms. The average molecular weight is 255 g/mol. The molecule has 0 atom stereocenters. The highest BCUT2D eigenvalue weighted by molar-refractivity contribution is 7.16. The molecule has 1 aromatic rings. The van der Waals surface area contributed by atoms with Crippen LogP contribution in [0.2, 0.25) is 0 Å². The summed E-state index contributed by atoms with van der Waals surface area (Å²) in [6, 6.07) is -0.193. The van der Waals surface area contributed by atoms with Crippen molar-refractivity contribution in [1.29, 1.82) is 0 Å². The summed E-state index contributed by atoms with van der Waals surface area (Å²) < 4.78 is 0. The zero-order chi connectivity index (χ0) is 13.3. The number of hydrogen-bond acceptors (Lipinski definition) is 3. The lowest BCUT2D eigenvalue weighted by molar-refractivity contribution is 0.244. The van der Waals surface area contributed by atoms with E-state index in [1.54, 1.807) is 6.20 Å². The maximum Gasteiger partial charge on any atom is 0.320 e. The molecule has 0 aromatic carbocycles. The smallest absolute Gasteiger partial charge is 0.320 e. The number of amides is 2. The Balaban J connectivity index is 2.65. The van der Waals surface area contributed by atoms with Crippen molar-refractivity contribution < 1.29 is 4.79 Å². The number of urea groups is 1. The van der Waals surface area contributed by atoms with Crippen LogP contribution in [0.1, 0.15) is 46.6 Å². The molecular weight excluding hydrogens is 234 g/mol. The number of thiazole rings is 1. The zero-order valence-corrected chi connectivity index (χ0v) is 12.2. The molecule has 2 N–H and O–H groups in total. The van der Waals surface area contributed by atoms with Crippen LogP contribution in [0.5, 0.6) is 0 Å². The molecule has 1 rings (SSSR count). The van der Waals surface area contributed by atoms with Gasteiger partial charge in [-0.2, -0.15) is 0 Å². The van der Waals surface area contributed by atoms with Gasteiger partial charge in [0, 0.05) is 11.0 Å². The standard InChI is InChI=1S/C12H21N3OS/c1-11(2,3)9-13-7-8(17-9)14-10(16)15-12(4,5)6/h7H,1-6H3,(H2,14,15,16). The molecule has 1 heterocycles. The third-order valence-corrected chi connectivity index (χ3v) is 3.21. The molecule has 4 nitrogen and oxygen atoms in total. The normalized spacial score (nSPS) is 12.4. The van der Waals surface area contributed by atoms with E-state index in [4.69, 9.17) is 0 Å². The molecular formula is C12H21N3OS. The minimum atomic E-state index is -0.234. The van der Waals surface area contributed by atoms with Gasteiger partial charge in [0.15, 0.2) is 0 Å². The molecule has 17 heavy (non-hydrogen) atoms. The first kappa shape index (κ1) is 14.0. The van der Waals surface area contributed by atoms with E-state index in [1.165, 1.54) is 11.3 Å². The second kappa shape index (κ2) is 4.64. The maximum absolute atomic E-state index is 11.6. The second-order valence-corrected chi connectivity index (χ2v) is 7.14. The summed E-state index contributed by atoms with van der Waals surface area (Å²) in [6.07, 6.45) is 1.70. The molecule has 0 bridgehead atoms. The van der Waals surface area contributed by atoms with Gasteiger partial charge in [-0.3, -0.25) is 5.32 Å². The molecule has 0 radical (unpaired) electrons. The Hall–Kier alpha value is -1.10. The third kappa shape index (κ3) is 4.73. The average Bonchev–Trinajstić information content (AvgIpc) is 2.47. The molecule has 0 fully saturated rings. The third-order valence-electron chi connectivity index (χ3n) is 1.87. The molecule has 0 unspecified atom stereocenters. The fourth-order valence-electron chi connectivity index (χ4n) is 1.16. The van der Waals surface area contributed by atoms with Crippen molar-refractivity contribution in [3.63, 3.8) is 0 Å². The van der Waals surface area contributed by atoms with Crippen molar-refractivity contribution in [2.45, 2.75) is 52.5 Å². The summed E-state index contributed by atoms with van der Waals surface area (Å²) in [4.78, 5) is 16.0. The van der Waals surface area contributed by atoms with Crippen LogP contribution in [-0.2, 0) is 5.41 Å². The van der Waals surface area contributed by atoms with Crippen LogP contribution in [0.15, 0.2) is 6.20 Å². The highest BCUT2D eigenvalue weighted by Crippen LogP contribution is 2.29. The Morgan fingerprint density at radius 3 is 2.24 bits per heavy atom. The van der Waals surface area contributed by atoms with Crippen LogP contribution in [0, 0.1) is 0 Å². The van der Waals surface area contributed by atoms with E-state index in [-0.39, 0.29) is 17.0 Å². The summed E-state index contributed by atoms with van der Waals surface area (Å²) in [6.45, 7) is 12.1. The van der Waals surface area contributed by atoms with Gasteiger partial charge in [-0.25, -0.2) is 9.78 Å². The Labute approximate surface area is 107 Å². The Morgan fingerprint density at radius 2 is 1.82 bits per heavy atom. The summed E-state index contributed by atoms with van der Waals surface area (Å²) in [5, 5.41) is 7.43. The van der Waals surface area contributed by atoms with E-state index < -0.39 is 0 Å². The number of nitrogens with one attached hydrogen (secondary N) is 2. The zero-order valence-electron chi connectivity index (χ0n) is 11.3. The second-order valence-electron chi connectivity index (χ2n) is 6.11. The van der Waals surface area contributed by atoms with Gasteiger partial charge < -0.3 is 5.32 Å². The summed E-state index contributed by atoms with van der Waals surface area (Å²) >= 11 is 1.51. The summed E-state index contributed by atoms with van der Waals surface area (Å²) in [5.74, 6) is 0. The van der Waals surface area contributed by atoms with Crippen LogP contribution >= 0.6 is 11.3 Å². The molecule has 0 aliphatic heterocycles. The maximum atomic E-state index is 11.6. The number of hydrogen-bond donors (Lipinski definition) is 2. The van der Waals surface area contributed by atoms with E-state index in [9.17, 15) is 4.79 Å². The van der Waals surface area contributed by atoms with Gasteiger partial charge >= 0.3 is 6.03 Å². The molecule has 2 amide bonds. The largest absolute Gasteiger partial charge is 0.333 e. The number of anilines is 1. The van der Waals surface area contributed by atoms with Crippen LogP contribution in [0.4, 0.5) is 9.80 Å². The van der Waals surface area contributed by atoms with Gasteiger partial charge in [-0.05, 0) is 20.8 Å². The molecule has 5 heteroatoms. The van der Waals surface area contributed by atoms with Crippen LogP contribution < -0.4 is 10.6 Å². The van der Waals surface area contributed by atoms with E-state index in [0.717, 1.165) is 10.0 Å². The van der Waals surface area contributed by atoms with Gasteiger partial charge in [0.25, 0.3) is 0 Å². The minimum absolute atomic E-state index is 0.0189. The number of aromatic nitrogens is 1. The summed E-state index contributed by atoms with van der Waals surface area (Å²) in [5.41, 5.74) is -0.216. The Kier molecular flexibility index (Phi) is 3.81. The number of nitrogens with zero attached hydrogens (tertiary/aromatic N) is 1. The van der Waals surface area contributed by atoms with E-state index in [0.29, 0.717) is 0 Å². The van der Waals surface area contributed by atoms with E-state index in [2.05, 4.69) is 36.4 Å². The van der Waals surface area contributed by atoms with Crippen LogP contribution in [0.25, 0.3) is 0 Å². The van der Waals surface area contributed by atoms with Crippen molar-refractivity contribution in [2.24, 2.45) is 0 Å². The number of rotatable bonds is 1. The Morgan fingerprint density at radius 1 is 1.24 bits per heavy atom. The van der Waals surface area contributed by atoms with Crippen molar-refractivity contribution in [2.75, 3.05) is 5.32 Å². The van der Waals surface area contributed by atoms with E-state index in [1.807, 2.05) is 20.8 Å². The molecule has 1 aromatic heterocycles. The topological polar surface area (TPSA) is 54.0 Å². The van der Waals surface area contributed by atoms with Crippen LogP contribution in [0.3, 0.4) is 0 Å². The number of carbonyl (C=O) groups is 1. The minimum Gasteiger partial charge on any atom is -0.333 e. The van der Waals surface area contributed by atoms with Gasteiger partial charge in [0.05, 0.1) is 11.2 Å². The first-order valence-corrected chi connectivity index (χ1v) is 6.45. The predicted octanol–water partition coefficient (Wildman–Crippen LogP) is 3.36. The molecule has 0 saturated carbocycles. The van der Waals surface area contributed by atoms with Crippen molar-refractivity contribution in [3.05, 3.63) is 11.2 Å². The lowest BCUT2D eigenvalue weighted by Crippen LogP contribution is -2.42. The van der Waals surface area contributed by atoms with E-state index >= 15 is 0 Å². The van der Waals surface area contributed by atoms with Gasteiger partial charge in [0.1, 0.15) is 5.00 Å². The lowest BCUT2D eigenvalue weighted by atomic mass is 9.98. The first-order chi connectivity index (χ1) is 7.58. The molecule has 0 aliphatic carbocycles. The highest BCUT2D eigenvalue weighted by atomic mass is 32.1. The molecule has 96 valence electrons. The van der Waals surface area contributed by atoms with Gasteiger partial charge in [-0.15, -0.1) is 11.3 Å². The fourth-order valence-corrected chi connectivity index (χ4v) is 2.03. The Bertz CT molecular complexity index is 399. The van der Waals surface area contributed by atoms with Crippen molar-refractivity contribution in [3.8, 4) is 0 Å². The highest BCUT2D eigenvalue weighted by Gasteiger charge is 2.19. The number of carbonyl (C=O) groups excluding carboxylic acids is 1. The fraction of sp³-hybridized carbons (Fsp3) is 0.667. The van der Waals surface area contributed by atoms with Crippen molar-refractivity contribution in [1.82, 2.24) is 10.3 Å². The summed E-state index contributed by atoms with van der Waals surface area (Å²) in [7, 11) is 0. The SMILES string of the molecule is CC(C)(C)NC(=O)Nc1cnc(C(C)(C)C)s1. The molecule has 0 saturated heterocycles. The molecule has 0 aliphatic rings. The van der Waals surface area contributed by atoms with Gasteiger partial charge in [0.2, 0.25) is 0 Å². The predicted molar refractivity (Wildman–Crippen MR) is 72.7 cm³/mol.